The van der Waals surface area contributed by atoms with Crippen LogP contribution < -0.4 is 14.4 Å². The van der Waals surface area contributed by atoms with Gasteiger partial charge in [0, 0.05) is 50.1 Å². The summed E-state index contributed by atoms with van der Waals surface area (Å²) in [7, 11) is -2.82. The smallest absolute Gasteiger partial charge is 0.262 e. The van der Waals surface area contributed by atoms with Crippen molar-refractivity contribution in [2.45, 2.75) is 76.9 Å². The number of nitrogens with one attached hydrogen (secondary N) is 1. The third-order valence-corrected chi connectivity index (χ3v) is 12.4. The summed E-state index contributed by atoms with van der Waals surface area (Å²) in [6.07, 6.45) is 10.8. The summed E-state index contributed by atoms with van der Waals surface area (Å²) in [6, 6.07) is 11.9. The molecule has 1 spiro atoms. The maximum Gasteiger partial charge on any atom is 0.262 e. The lowest BCUT2D eigenvalue weighted by atomic mass is 9.68. The van der Waals surface area contributed by atoms with Crippen molar-refractivity contribution in [1.82, 2.24) is 9.88 Å². The first-order valence-electron chi connectivity index (χ1n) is 16.8. The number of carbonyl (C=O) groups is 1. The first-order chi connectivity index (χ1) is 22.6. The summed E-state index contributed by atoms with van der Waals surface area (Å²) < 4.78 is 34.8. The molecule has 1 unspecified atom stereocenters. The van der Waals surface area contributed by atoms with E-state index in [1.54, 1.807) is 6.07 Å². The zero-order valence-corrected chi connectivity index (χ0v) is 28.8. The van der Waals surface area contributed by atoms with E-state index in [-0.39, 0.29) is 17.4 Å². The van der Waals surface area contributed by atoms with Gasteiger partial charge in [-0.1, -0.05) is 35.0 Å². The fourth-order valence-corrected chi connectivity index (χ4v) is 9.33. The fourth-order valence-electron chi connectivity index (χ4n) is 7.95. The first kappa shape index (κ1) is 32.3. The van der Waals surface area contributed by atoms with Crippen LogP contribution >= 0.6 is 11.6 Å². The lowest BCUT2D eigenvalue weighted by Gasteiger charge is -2.46. The van der Waals surface area contributed by atoms with Crippen molar-refractivity contribution in [3.8, 4) is 5.75 Å². The Bertz CT molecular complexity index is 1780. The number of aromatic nitrogens is 1. The second kappa shape index (κ2) is 13.0. The molecule has 4 aliphatic rings. The van der Waals surface area contributed by atoms with Crippen LogP contribution in [0.2, 0.25) is 5.02 Å². The lowest BCUT2D eigenvalue weighted by molar-refractivity contribution is -0.0231. The molecular formula is C37H44ClN3O5S. The molecule has 2 aliphatic heterocycles. The van der Waals surface area contributed by atoms with Crippen molar-refractivity contribution in [3.63, 3.8) is 0 Å². The van der Waals surface area contributed by atoms with E-state index >= 15 is 0 Å². The Morgan fingerprint density at radius 3 is 2.85 bits per heavy atom. The van der Waals surface area contributed by atoms with E-state index in [9.17, 15) is 9.00 Å². The van der Waals surface area contributed by atoms with Crippen LogP contribution in [-0.2, 0) is 32.9 Å². The maximum atomic E-state index is 13.4. The van der Waals surface area contributed by atoms with Crippen molar-refractivity contribution in [1.29, 1.82) is 0 Å². The second-order valence-corrected chi connectivity index (χ2v) is 16.6. The van der Waals surface area contributed by atoms with Crippen molar-refractivity contribution in [2.75, 3.05) is 30.3 Å². The third kappa shape index (κ3) is 6.59. The van der Waals surface area contributed by atoms with Gasteiger partial charge in [0.25, 0.3) is 5.91 Å². The highest BCUT2D eigenvalue weighted by Crippen LogP contribution is 2.47. The third-order valence-electron chi connectivity index (χ3n) is 10.7. The minimum Gasteiger partial charge on any atom is -0.490 e. The van der Waals surface area contributed by atoms with Crippen LogP contribution in [0.15, 0.2) is 53.1 Å². The van der Waals surface area contributed by atoms with E-state index in [1.165, 1.54) is 11.1 Å². The number of nitrogens with zero attached hydrogens (tertiary/aromatic N) is 2. The minimum atomic E-state index is -2.82. The normalized spacial score (nSPS) is 29.9. The fraction of sp³-hybridized carbons (Fsp3) is 0.486. The molecule has 47 heavy (non-hydrogen) atoms. The zero-order valence-electron chi connectivity index (χ0n) is 27.3. The average molecular weight is 678 g/mol. The van der Waals surface area contributed by atoms with Gasteiger partial charge >= 0.3 is 0 Å². The predicted octanol–water partition coefficient (Wildman–Crippen LogP) is 6.74. The molecule has 0 radical (unpaired) electrons. The number of ether oxygens (including phenoxy) is 2. The number of fused-ring (bicyclic) bond motifs is 4. The molecule has 8 nitrogen and oxygen atoms in total. The number of rotatable bonds is 3. The molecule has 1 fully saturated rings. The molecule has 10 heteroatoms. The van der Waals surface area contributed by atoms with E-state index in [0.29, 0.717) is 42.8 Å². The number of hydrogen-bond donors (Lipinski definition) is 1. The molecule has 2 aromatic carbocycles. The van der Waals surface area contributed by atoms with Crippen molar-refractivity contribution in [2.24, 2.45) is 11.8 Å². The average Bonchev–Trinajstić information content (AvgIpc) is 3.26. The van der Waals surface area contributed by atoms with Crippen LogP contribution in [0.25, 0.3) is 0 Å². The topological polar surface area (TPSA) is 93.9 Å². The van der Waals surface area contributed by atoms with Crippen LogP contribution in [0.3, 0.4) is 0 Å². The van der Waals surface area contributed by atoms with Gasteiger partial charge in [-0.25, -0.2) is 4.21 Å². The summed E-state index contributed by atoms with van der Waals surface area (Å²) in [5.41, 5.74) is 5.58. The highest BCUT2D eigenvalue weighted by molar-refractivity contribution is 7.99. The summed E-state index contributed by atoms with van der Waals surface area (Å²) in [4.78, 5) is 15.9. The summed E-state index contributed by atoms with van der Waals surface area (Å²) in [6.45, 7) is 6.42. The Hall–Kier alpha value is -3.27. The van der Waals surface area contributed by atoms with Gasteiger partial charge in [0.05, 0.1) is 30.7 Å². The number of amides is 1. The second-order valence-electron chi connectivity index (χ2n) is 13.9. The number of aryl methyl sites for hydroxylation is 3. The standard InChI is InChI=1S/C37H44ClN3O5S/c1-24-31(25(2)46-39-24)21-44-34-9-5-4-6-17-47(3,43)40-36(42)27-11-15-35-33(19-27)41(20-28-10-13-30(28)34)22-37(23-45-35)16-7-8-26-18-29(38)12-14-32(26)37/h5,9,11-12,14-15,18-19,28,30,34H,3-4,6-8,10,13,16-17,20-23H2,1-2H3,(H,40,42,43)/b9-5+/t28-,30+,34+,37-,47?/m0/s1. The molecule has 1 amide bonds. The van der Waals surface area contributed by atoms with Gasteiger partial charge in [0.1, 0.15) is 11.5 Å². The molecule has 3 aromatic rings. The van der Waals surface area contributed by atoms with E-state index in [2.05, 4.69) is 44.9 Å². The highest BCUT2D eigenvalue weighted by Gasteiger charge is 2.44. The molecular weight excluding hydrogens is 634 g/mol. The zero-order chi connectivity index (χ0) is 32.8. The number of carbonyl (C=O) groups excluding carboxylic acids is 1. The number of hydrogen-bond acceptors (Lipinski definition) is 7. The Morgan fingerprint density at radius 1 is 1.19 bits per heavy atom. The van der Waals surface area contributed by atoms with E-state index in [1.807, 2.05) is 32.0 Å². The molecule has 5 atom stereocenters. The number of allylic oxidation sites excluding steroid dienone is 1. The van der Waals surface area contributed by atoms with Gasteiger partial charge < -0.3 is 18.9 Å². The molecule has 2 bridgehead atoms. The van der Waals surface area contributed by atoms with E-state index in [4.69, 9.17) is 25.6 Å². The number of anilines is 1. The first-order valence-corrected chi connectivity index (χ1v) is 19.1. The largest absolute Gasteiger partial charge is 0.490 e. The predicted molar refractivity (Wildman–Crippen MR) is 187 cm³/mol. The molecule has 3 heterocycles. The SMILES string of the molecule is C=S1(=O)CCC/C=C/[C@@H](OCc2c(C)noc2C)[C@@H]2CC[C@H]2CN2C[C@@]3(CCCc4cc(Cl)ccc43)COc3ccc(cc32)C(=O)N1. The van der Waals surface area contributed by atoms with Crippen LogP contribution in [0, 0.1) is 25.7 Å². The van der Waals surface area contributed by atoms with Crippen LogP contribution in [0.1, 0.15) is 77.0 Å². The van der Waals surface area contributed by atoms with E-state index in [0.717, 1.165) is 85.1 Å². The molecule has 7 rings (SSSR count). The molecule has 1 N–H and O–H groups in total. The van der Waals surface area contributed by atoms with Crippen LogP contribution in [0.4, 0.5) is 5.69 Å². The number of benzene rings is 2. The van der Waals surface area contributed by atoms with Gasteiger partial charge in [-0.05, 0) is 118 Å². The summed E-state index contributed by atoms with van der Waals surface area (Å²) in [5.74, 6) is 6.07. The van der Waals surface area contributed by atoms with Crippen molar-refractivity contribution < 1.29 is 23.0 Å². The Labute approximate surface area is 283 Å². The lowest BCUT2D eigenvalue weighted by Crippen LogP contribution is -2.49. The van der Waals surface area contributed by atoms with Gasteiger partial charge in [0.2, 0.25) is 0 Å². The molecule has 0 saturated heterocycles. The van der Waals surface area contributed by atoms with E-state index < -0.39 is 9.71 Å². The Balaban J connectivity index is 1.26. The summed E-state index contributed by atoms with van der Waals surface area (Å²) in [5, 5.41) is 4.88. The van der Waals surface area contributed by atoms with Gasteiger partial charge in [0.15, 0.2) is 0 Å². The van der Waals surface area contributed by atoms with Gasteiger partial charge in [-0.15, -0.1) is 0 Å². The van der Waals surface area contributed by atoms with Crippen LogP contribution in [-0.4, -0.2) is 52.7 Å². The Kier molecular flexibility index (Phi) is 8.91. The quantitative estimate of drug-likeness (QED) is 0.242. The monoisotopic (exact) mass is 677 g/mol. The van der Waals surface area contributed by atoms with Crippen molar-refractivity contribution >= 4 is 38.8 Å². The van der Waals surface area contributed by atoms with Crippen molar-refractivity contribution in [3.05, 3.63) is 87.3 Å². The van der Waals surface area contributed by atoms with Crippen LogP contribution in [0.5, 0.6) is 5.75 Å². The maximum absolute atomic E-state index is 13.4. The molecule has 250 valence electrons. The Morgan fingerprint density at radius 2 is 2.06 bits per heavy atom. The van der Waals surface area contributed by atoms with Gasteiger partial charge in [-0.2, -0.15) is 0 Å². The molecule has 1 saturated carbocycles. The molecule has 2 aliphatic carbocycles. The summed E-state index contributed by atoms with van der Waals surface area (Å²) >= 11 is 6.46. The van der Waals surface area contributed by atoms with Gasteiger partial charge in [-0.3, -0.25) is 9.52 Å². The highest BCUT2D eigenvalue weighted by atomic mass is 35.5. The minimum absolute atomic E-state index is 0.0836. The molecule has 1 aromatic heterocycles. The number of halogens is 1.